The summed E-state index contributed by atoms with van der Waals surface area (Å²) in [6.45, 7) is 4.03. The second-order valence-electron chi connectivity index (χ2n) is 3.50. The van der Waals surface area contributed by atoms with Crippen molar-refractivity contribution in [2.75, 3.05) is 6.61 Å². The van der Waals surface area contributed by atoms with Crippen LogP contribution >= 0.6 is 0 Å². The SMILES string of the molecule is CCOC(CCC(=O)O)C(C)CC(=O)O. The molecule has 0 spiro atoms. The first-order valence-corrected chi connectivity index (χ1v) is 5.02. The van der Waals surface area contributed by atoms with Crippen LogP contribution in [0.2, 0.25) is 0 Å². The molecule has 5 nitrogen and oxygen atoms in total. The smallest absolute Gasteiger partial charge is 0.303 e. The minimum atomic E-state index is -0.887. The zero-order valence-corrected chi connectivity index (χ0v) is 9.10. The standard InChI is InChI=1S/C10H18O5/c1-3-15-8(4-5-9(11)12)7(2)6-10(13)14/h7-8H,3-6H2,1-2H3,(H,11,12)(H,13,14). The lowest BCUT2D eigenvalue weighted by Crippen LogP contribution is -2.25. The van der Waals surface area contributed by atoms with Crippen molar-refractivity contribution in [1.82, 2.24) is 0 Å². The van der Waals surface area contributed by atoms with Gasteiger partial charge in [-0.15, -0.1) is 0 Å². The highest BCUT2D eigenvalue weighted by molar-refractivity contribution is 5.67. The predicted molar refractivity (Wildman–Crippen MR) is 53.7 cm³/mol. The molecule has 0 aromatic rings. The third-order valence-corrected chi connectivity index (χ3v) is 2.15. The van der Waals surface area contributed by atoms with Gasteiger partial charge in [0.05, 0.1) is 12.5 Å². The highest BCUT2D eigenvalue weighted by Gasteiger charge is 2.20. The first-order valence-electron chi connectivity index (χ1n) is 5.02. The Hall–Kier alpha value is -1.10. The number of carboxylic acid groups (broad SMARTS) is 2. The van der Waals surface area contributed by atoms with Gasteiger partial charge in [-0.1, -0.05) is 6.92 Å². The van der Waals surface area contributed by atoms with Crippen LogP contribution in [0, 0.1) is 5.92 Å². The van der Waals surface area contributed by atoms with E-state index in [4.69, 9.17) is 14.9 Å². The Balaban J connectivity index is 4.10. The monoisotopic (exact) mass is 218 g/mol. The number of aliphatic carboxylic acids is 2. The zero-order chi connectivity index (χ0) is 11.8. The lowest BCUT2D eigenvalue weighted by atomic mass is 9.97. The maximum atomic E-state index is 10.5. The first kappa shape index (κ1) is 13.9. The highest BCUT2D eigenvalue weighted by atomic mass is 16.5. The Morgan fingerprint density at radius 2 is 1.87 bits per heavy atom. The van der Waals surface area contributed by atoms with Gasteiger partial charge < -0.3 is 14.9 Å². The van der Waals surface area contributed by atoms with Crippen molar-refractivity contribution in [3.63, 3.8) is 0 Å². The first-order chi connectivity index (χ1) is 6.97. The maximum Gasteiger partial charge on any atom is 0.303 e. The molecule has 0 aromatic heterocycles. The number of carbonyl (C=O) groups is 2. The second-order valence-corrected chi connectivity index (χ2v) is 3.50. The average molecular weight is 218 g/mol. The van der Waals surface area contributed by atoms with Crippen molar-refractivity contribution < 1.29 is 24.5 Å². The van der Waals surface area contributed by atoms with Gasteiger partial charge in [0, 0.05) is 13.0 Å². The molecule has 2 atom stereocenters. The topological polar surface area (TPSA) is 83.8 Å². The fraction of sp³-hybridized carbons (Fsp3) is 0.800. The molecule has 0 rings (SSSR count). The normalized spacial score (nSPS) is 14.5. The van der Waals surface area contributed by atoms with Crippen molar-refractivity contribution in [3.05, 3.63) is 0 Å². The Bertz CT molecular complexity index is 214. The number of ether oxygens (including phenoxy) is 1. The van der Waals surface area contributed by atoms with Crippen molar-refractivity contribution in [3.8, 4) is 0 Å². The molecular formula is C10H18O5. The van der Waals surface area contributed by atoms with E-state index < -0.39 is 11.9 Å². The summed E-state index contributed by atoms with van der Waals surface area (Å²) in [5.41, 5.74) is 0. The molecule has 0 aromatic carbocycles. The van der Waals surface area contributed by atoms with Crippen LogP contribution in [-0.2, 0) is 14.3 Å². The van der Waals surface area contributed by atoms with Crippen LogP contribution in [-0.4, -0.2) is 34.9 Å². The van der Waals surface area contributed by atoms with E-state index in [2.05, 4.69) is 0 Å². The summed E-state index contributed by atoms with van der Waals surface area (Å²) in [6, 6.07) is 0. The van der Waals surface area contributed by atoms with Crippen molar-refractivity contribution >= 4 is 11.9 Å². The maximum absolute atomic E-state index is 10.5. The molecule has 0 heterocycles. The Morgan fingerprint density at radius 3 is 2.27 bits per heavy atom. The number of hydrogen-bond donors (Lipinski definition) is 2. The fourth-order valence-corrected chi connectivity index (χ4v) is 1.42. The molecule has 0 amide bonds. The van der Waals surface area contributed by atoms with Crippen molar-refractivity contribution in [1.29, 1.82) is 0 Å². The van der Waals surface area contributed by atoms with Gasteiger partial charge in [0.25, 0.3) is 0 Å². The van der Waals surface area contributed by atoms with E-state index in [1.54, 1.807) is 13.8 Å². The lowest BCUT2D eigenvalue weighted by molar-refractivity contribution is -0.139. The van der Waals surface area contributed by atoms with E-state index in [-0.39, 0.29) is 24.9 Å². The average Bonchev–Trinajstić information content (AvgIpc) is 2.10. The van der Waals surface area contributed by atoms with Crippen LogP contribution in [0.1, 0.15) is 33.1 Å². The minimum Gasteiger partial charge on any atom is -0.481 e. The van der Waals surface area contributed by atoms with E-state index in [1.807, 2.05) is 0 Å². The Morgan fingerprint density at radius 1 is 1.27 bits per heavy atom. The van der Waals surface area contributed by atoms with Crippen molar-refractivity contribution in [2.45, 2.75) is 39.2 Å². The summed E-state index contributed by atoms with van der Waals surface area (Å²) in [5, 5.41) is 17.1. The molecule has 0 aliphatic rings. The predicted octanol–water partition coefficient (Wildman–Crippen LogP) is 1.37. The van der Waals surface area contributed by atoms with Crippen LogP contribution in [0.5, 0.6) is 0 Å². The summed E-state index contributed by atoms with van der Waals surface area (Å²) in [7, 11) is 0. The van der Waals surface area contributed by atoms with E-state index >= 15 is 0 Å². The Labute approximate surface area is 89.0 Å². The number of rotatable bonds is 8. The molecule has 0 saturated carbocycles. The third-order valence-electron chi connectivity index (χ3n) is 2.15. The largest absolute Gasteiger partial charge is 0.481 e. The van der Waals surface area contributed by atoms with Gasteiger partial charge in [0.1, 0.15) is 0 Å². The summed E-state index contributed by atoms with van der Waals surface area (Å²) in [5.74, 6) is -1.94. The summed E-state index contributed by atoms with van der Waals surface area (Å²) >= 11 is 0. The minimum absolute atomic E-state index is 0.00425. The Kier molecular flexibility index (Phi) is 6.70. The zero-order valence-electron chi connectivity index (χ0n) is 9.10. The second kappa shape index (κ2) is 7.23. The molecule has 0 aliphatic carbocycles. The van der Waals surface area contributed by atoms with Gasteiger partial charge in [0.2, 0.25) is 0 Å². The van der Waals surface area contributed by atoms with Crippen LogP contribution in [0.25, 0.3) is 0 Å². The third kappa shape index (κ3) is 6.90. The molecule has 0 radical (unpaired) electrons. The fourth-order valence-electron chi connectivity index (χ4n) is 1.42. The van der Waals surface area contributed by atoms with Crippen LogP contribution in [0.3, 0.4) is 0 Å². The van der Waals surface area contributed by atoms with Gasteiger partial charge in [-0.25, -0.2) is 0 Å². The molecule has 2 N–H and O–H groups in total. The number of carboxylic acids is 2. The molecule has 88 valence electrons. The van der Waals surface area contributed by atoms with Gasteiger partial charge in [-0.2, -0.15) is 0 Å². The van der Waals surface area contributed by atoms with E-state index in [9.17, 15) is 9.59 Å². The molecule has 0 fully saturated rings. The molecule has 2 unspecified atom stereocenters. The molecule has 0 saturated heterocycles. The molecular weight excluding hydrogens is 200 g/mol. The number of hydrogen-bond acceptors (Lipinski definition) is 3. The lowest BCUT2D eigenvalue weighted by Gasteiger charge is -2.21. The van der Waals surface area contributed by atoms with Gasteiger partial charge in [-0.3, -0.25) is 9.59 Å². The van der Waals surface area contributed by atoms with Gasteiger partial charge >= 0.3 is 11.9 Å². The van der Waals surface area contributed by atoms with E-state index in [0.29, 0.717) is 13.0 Å². The van der Waals surface area contributed by atoms with Crippen LogP contribution in [0.4, 0.5) is 0 Å². The molecule has 0 bridgehead atoms. The van der Waals surface area contributed by atoms with Gasteiger partial charge in [-0.05, 0) is 19.3 Å². The summed E-state index contributed by atoms with van der Waals surface area (Å²) in [6.07, 6.45) is 0.0819. The summed E-state index contributed by atoms with van der Waals surface area (Å²) < 4.78 is 5.33. The quantitative estimate of drug-likeness (QED) is 0.642. The summed E-state index contributed by atoms with van der Waals surface area (Å²) in [4.78, 5) is 20.9. The molecule has 5 heteroatoms. The van der Waals surface area contributed by atoms with Gasteiger partial charge in [0.15, 0.2) is 0 Å². The molecule has 0 aliphatic heterocycles. The highest BCUT2D eigenvalue weighted by Crippen LogP contribution is 2.17. The van der Waals surface area contributed by atoms with Crippen molar-refractivity contribution in [2.24, 2.45) is 5.92 Å². The van der Waals surface area contributed by atoms with E-state index in [0.717, 1.165) is 0 Å². The molecule has 15 heavy (non-hydrogen) atoms. The van der Waals surface area contributed by atoms with Crippen LogP contribution in [0.15, 0.2) is 0 Å². The van der Waals surface area contributed by atoms with E-state index in [1.165, 1.54) is 0 Å². The van der Waals surface area contributed by atoms with Crippen LogP contribution < -0.4 is 0 Å².